The number of rotatable bonds is 3. The van der Waals surface area contributed by atoms with Crippen molar-refractivity contribution in [1.82, 2.24) is 0 Å². The molecule has 2 aliphatic carbocycles. The van der Waals surface area contributed by atoms with Gasteiger partial charge in [-0.2, -0.15) is 0 Å². The van der Waals surface area contributed by atoms with Crippen LogP contribution in [0.3, 0.4) is 0 Å². The van der Waals surface area contributed by atoms with Crippen LogP contribution in [0.2, 0.25) is 0 Å². The van der Waals surface area contributed by atoms with E-state index in [1.165, 1.54) is 6.42 Å². The molecule has 0 aromatic heterocycles. The SMILES string of the molecule is COC1(CC2(O)CC2C)CCC1. The first-order chi connectivity index (χ1) is 5.60. The highest BCUT2D eigenvalue weighted by atomic mass is 16.5. The summed E-state index contributed by atoms with van der Waals surface area (Å²) in [5.41, 5.74) is -0.337. The zero-order chi connectivity index (χ0) is 8.82. The topological polar surface area (TPSA) is 29.5 Å². The van der Waals surface area contributed by atoms with Crippen molar-refractivity contribution in [1.29, 1.82) is 0 Å². The predicted octanol–water partition coefficient (Wildman–Crippen LogP) is 1.72. The number of ether oxygens (including phenoxy) is 1. The summed E-state index contributed by atoms with van der Waals surface area (Å²) in [6, 6.07) is 0. The molecule has 0 aromatic rings. The highest BCUT2D eigenvalue weighted by Gasteiger charge is 2.55. The van der Waals surface area contributed by atoms with Gasteiger partial charge in [0.2, 0.25) is 0 Å². The van der Waals surface area contributed by atoms with Crippen molar-refractivity contribution in [3.63, 3.8) is 0 Å². The van der Waals surface area contributed by atoms with Crippen LogP contribution in [0.4, 0.5) is 0 Å². The highest BCUT2D eigenvalue weighted by molar-refractivity contribution is 5.07. The molecule has 70 valence electrons. The molecular weight excluding hydrogens is 152 g/mol. The van der Waals surface area contributed by atoms with Gasteiger partial charge in [-0.3, -0.25) is 0 Å². The van der Waals surface area contributed by atoms with Crippen LogP contribution in [0.15, 0.2) is 0 Å². The number of hydrogen-bond acceptors (Lipinski definition) is 2. The van der Waals surface area contributed by atoms with Gasteiger partial charge in [-0.15, -0.1) is 0 Å². The van der Waals surface area contributed by atoms with E-state index in [1.807, 2.05) is 0 Å². The molecule has 0 saturated heterocycles. The van der Waals surface area contributed by atoms with Gasteiger partial charge in [-0.1, -0.05) is 6.92 Å². The van der Waals surface area contributed by atoms with E-state index in [9.17, 15) is 5.11 Å². The van der Waals surface area contributed by atoms with Crippen LogP contribution >= 0.6 is 0 Å². The van der Waals surface area contributed by atoms with E-state index in [4.69, 9.17) is 4.74 Å². The van der Waals surface area contributed by atoms with E-state index in [1.54, 1.807) is 7.11 Å². The standard InChI is InChI=1S/C10H18O2/c1-8-6-10(8,11)7-9(12-2)4-3-5-9/h8,11H,3-7H2,1-2H3. The van der Waals surface area contributed by atoms with Gasteiger partial charge >= 0.3 is 0 Å². The van der Waals surface area contributed by atoms with Crippen LogP contribution in [-0.2, 0) is 4.74 Å². The fraction of sp³-hybridized carbons (Fsp3) is 1.00. The van der Waals surface area contributed by atoms with Gasteiger partial charge in [0.05, 0.1) is 11.2 Å². The normalized spacial score (nSPS) is 43.8. The van der Waals surface area contributed by atoms with Gasteiger partial charge in [-0.05, 0) is 31.6 Å². The molecule has 0 amide bonds. The third-order valence-corrected chi connectivity index (χ3v) is 3.74. The molecule has 2 rings (SSSR count). The quantitative estimate of drug-likeness (QED) is 0.698. The summed E-state index contributed by atoms with van der Waals surface area (Å²) in [6.45, 7) is 2.11. The van der Waals surface area contributed by atoms with E-state index in [0.717, 1.165) is 25.7 Å². The first-order valence-corrected chi connectivity index (χ1v) is 4.88. The molecule has 2 nitrogen and oxygen atoms in total. The van der Waals surface area contributed by atoms with Crippen molar-refractivity contribution in [3.05, 3.63) is 0 Å². The Bertz CT molecular complexity index is 181. The number of aliphatic hydroxyl groups is 1. The Labute approximate surface area is 73.9 Å². The van der Waals surface area contributed by atoms with Crippen molar-refractivity contribution in [3.8, 4) is 0 Å². The van der Waals surface area contributed by atoms with Crippen LogP contribution in [-0.4, -0.2) is 23.4 Å². The molecule has 12 heavy (non-hydrogen) atoms. The van der Waals surface area contributed by atoms with Gasteiger partial charge < -0.3 is 9.84 Å². The Balaban J connectivity index is 1.93. The molecule has 1 N–H and O–H groups in total. The minimum Gasteiger partial charge on any atom is -0.389 e. The zero-order valence-electron chi connectivity index (χ0n) is 7.97. The van der Waals surface area contributed by atoms with Gasteiger partial charge in [-0.25, -0.2) is 0 Å². The Morgan fingerprint density at radius 2 is 2.08 bits per heavy atom. The molecule has 0 bridgehead atoms. The maximum atomic E-state index is 9.95. The van der Waals surface area contributed by atoms with Gasteiger partial charge in [0, 0.05) is 13.5 Å². The van der Waals surface area contributed by atoms with Crippen molar-refractivity contribution in [2.24, 2.45) is 5.92 Å². The fourth-order valence-corrected chi connectivity index (χ4v) is 2.30. The van der Waals surface area contributed by atoms with Crippen molar-refractivity contribution >= 4 is 0 Å². The van der Waals surface area contributed by atoms with E-state index in [0.29, 0.717) is 5.92 Å². The average molecular weight is 170 g/mol. The Kier molecular flexibility index (Phi) is 1.74. The molecular formula is C10H18O2. The van der Waals surface area contributed by atoms with E-state index >= 15 is 0 Å². The maximum Gasteiger partial charge on any atom is 0.0706 e. The summed E-state index contributed by atoms with van der Waals surface area (Å²) < 4.78 is 5.48. The first kappa shape index (κ1) is 8.52. The molecule has 2 fully saturated rings. The van der Waals surface area contributed by atoms with Crippen molar-refractivity contribution in [2.45, 2.75) is 50.2 Å². The summed E-state index contributed by atoms with van der Waals surface area (Å²) in [4.78, 5) is 0. The monoisotopic (exact) mass is 170 g/mol. The Morgan fingerprint density at radius 1 is 1.50 bits per heavy atom. The highest BCUT2D eigenvalue weighted by Crippen LogP contribution is 2.53. The molecule has 0 spiro atoms. The smallest absolute Gasteiger partial charge is 0.0706 e. The first-order valence-electron chi connectivity index (χ1n) is 4.88. The van der Waals surface area contributed by atoms with E-state index < -0.39 is 0 Å². The predicted molar refractivity (Wildman–Crippen MR) is 46.9 cm³/mol. The van der Waals surface area contributed by atoms with Crippen LogP contribution in [0, 0.1) is 5.92 Å². The number of methoxy groups -OCH3 is 1. The van der Waals surface area contributed by atoms with Gasteiger partial charge in [0.25, 0.3) is 0 Å². The summed E-state index contributed by atoms with van der Waals surface area (Å²) >= 11 is 0. The molecule has 2 atom stereocenters. The molecule has 0 aromatic carbocycles. The van der Waals surface area contributed by atoms with E-state index in [-0.39, 0.29) is 11.2 Å². The third kappa shape index (κ3) is 1.17. The lowest BCUT2D eigenvalue weighted by atomic mass is 9.75. The van der Waals surface area contributed by atoms with Crippen LogP contribution in [0.1, 0.15) is 39.0 Å². The second-order valence-electron chi connectivity index (χ2n) is 4.63. The molecule has 2 heteroatoms. The summed E-state index contributed by atoms with van der Waals surface area (Å²) in [6.07, 6.45) is 5.37. The molecule has 2 aliphatic rings. The van der Waals surface area contributed by atoms with E-state index in [2.05, 4.69) is 6.92 Å². The second-order valence-corrected chi connectivity index (χ2v) is 4.63. The molecule has 2 unspecified atom stereocenters. The second kappa shape index (κ2) is 2.46. The van der Waals surface area contributed by atoms with Crippen molar-refractivity contribution < 1.29 is 9.84 Å². The lowest BCUT2D eigenvalue weighted by Gasteiger charge is -2.42. The third-order valence-electron chi connectivity index (χ3n) is 3.74. The number of hydrogen-bond donors (Lipinski definition) is 1. The minimum absolute atomic E-state index is 0.0412. The molecule has 0 radical (unpaired) electrons. The van der Waals surface area contributed by atoms with Crippen LogP contribution < -0.4 is 0 Å². The van der Waals surface area contributed by atoms with Crippen LogP contribution in [0.5, 0.6) is 0 Å². The van der Waals surface area contributed by atoms with Crippen LogP contribution in [0.25, 0.3) is 0 Å². The van der Waals surface area contributed by atoms with Crippen molar-refractivity contribution in [2.75, 3.05) is 7.11 Å². The molecule has 2 saturated carbocycles. The zero-order valence-corrected chi connectivity index (χ0v) is 7.97. The summed E-state index contributed by atoms with van der Waals surface area (Å²) in [5, 5.41) is 9.95. The van der Waals surface area contributed by atoms with Gasteiger partial charge in [0.1, 0.15) is 0 Å². The lowest BCUT2D eigenvalue weighted by Crippen LogP contribution is -2.43. The summed E-state index contributed by atoms with van der Waals surface area (Å²) in [5.74, 6) is 0.491. The van der Waals surface area contributed by atoms with Gasteiger partial charge in [0.15, 0.2) is 0 Å². The largest absolute Gasteiger partial charge is 0.389 e. The Morgan fingerprint density at radius 3 is 2.33 bits per heavy atom. The summed E-state index contributed by atoms with van der Waals surface area (Å²) in [7, 11) is 1.77. The average Bonchev–Trinajstić information content (AvgIpc) is 2.52. The Hall–Kier alpha value is -0.0800. The minimum atomic E-state index is -0.379. The molecule has 0 aliphatic heterocycles. The maximum absolute atomic E-state index is 9.95. The molecule has 0 heterocycles. The lowest BCUT2D eigenvalue weighted by molar-refractivity contribution is -0.107. The fourth-order valence-electron chi connectivity index (χ4n) is 2.30.